The fourth-order valence-electron chi connectivity index (χ4n) is 2.66. The molecule has 0 atom stereocenters. The number of nitrogens with zero attached hydrogens (tertiary/aromatic N) is 1. The van der Waals surface area contributed by atoms with E-state index in [1.54, 1.807) is 0 Å². The number of carbonyl (C=O) groups excluding carboxylic acids is 3. The van der Waals surface area contributed by atoms with E-state index in [4.69, 9.17) is 43.2 Å². The van der Waals surface area contributed by atoms with Gasteiger partial charge in [-0.2, -0.15) is 0 Å². The van der Waals surface area contributed by atoms with E-state index >= 15 is 0 Å². The van der Waals surface area contributed by atoms with Gasteiger partial charge in [0.15, 0.2) is 0 Å². The molecule has 1 amide bonds. The summed E-state index contributed by atoms with van der Waals surface area (Å²) < 4.78 is 10.9. The molecule has 2 aromatic carbocycles. The third-order valence-electron chi connectivity index (χ3n) is 4.01. The van der Waals surface area contributed by atoms with Crippen LogP contribution in [0.1, 0.15) is 20.7 Å². The van der Waals surface area contributed by atoms with Crippen LogP contribution in [0.3, 0.4) is 0 Å². The number of nitrogen functional groups attached to an aromatic ring is 1. The predicted molar refractivity (Wildman–Crippen MR) is 113 cm³/mol. The third kappa shape index (κ3) is 3.43. The second-order valence-electron chi connectivity index (χ2n) is 5.57. The molecule has 1 heterocycles. The number of hydrogen-bond donors (Lipinski definition) is 1. The fourth-order valence-corrected chi connectivity index (χ4v) is 3.94. The molecule has 0 radical (unpaired) electrons. The molecule has 12 heteroatoms. The van der Waals surface area contributed by atoms with Gasteiger partial charge in [-0.05, 0) is 44.0 Å². The van der Waals surface area contributed by atoms with Gasteiger partial charge in [-0.15, -0.1) is 5.06 Å². The van der Waals surface area contributed by atoms with Gasteiger partial charge < -0.3 is 20.0 Å². The summed E-state index contributed by atoms with van der Waals surface area (Å²) in [6, 6.07) is 2.89. The van der Waals surface area contributed by atoms with Gasteiger partial charge >= 0.3 is 11.9 Å². The van der Waals surface area contributed by atoms with Crippen molar-refractivity contribution >= 4 is 84.1 Å². The summed E-state index contributed by atoms with van der Waals surface area (Å²) in [4.78, 5) is 42.9. The normalized spacial score (nSPS) is 12.8. The maximum Gasteiger partial charge on any atom is 0.367 e. The molecule has 3 rings (SSSR count). The summed E-state index contributed by atoms with van der Waals surface area (Å²) in [5.74, 6) is -2.97. The molecule has 152 valence electrons. The van der Waals surface area contributed by atoms with Crippen LogP contribution in [0.5, 0.6) is 11.5 Å². The maximum atomic E-state index is 12.8. The molecule has 0 aromatic heterocycles. The molecule has 1 aliphatic heterocycles. The lowest BCUT2D eigenvalue weighted by molar-refractivity contribution is -0.119. The largest absolute Gasteiger partial charge is 0.495 e. The van der Waals surface area contributed by atoms with Gasteiger partial charge in [0.2, 0.25) is 0 Å². The van der Waals surface area contributed by atoms with E-state index in [0.717, 1.165) is 0 Å². The Labute approximate surface area is 191 Å². The van der Waals surface area contributed by atoms with Crippen molar-refractivity contribution in [3.05, 3.63) is 42.3 Å². The van der Waals surface area contributed by atoms with Crippen LogP contribution in [0.15, 0.2) is 21.1 Å². The van der Waals surface area contributed by atoms with Crippen LogP contribution in [0.2, 0.25) is 10.0 Å². The van der Waals surface area contributed by atoms with Gasteiger partial charge in [-0.3, -0.25) is 9.59 Å². The van der Waals surface area contributed by atoms with Gasteiger partial charge in [0.1, 0.15) is 22.7 Å². The highest BCUT2D eigenvalue weighted by molar-refractivity contribution is 9.10. The number of hydrogen-bond acceptors (Lipinski definition) is 7. The zero-order valence-electron chi connectivity index (χ0n) is 14.6. The minimum Gasteiger partial charge on any atom is -0.495 e. The van der Waals surface area contributed by atoms with Gasteiger partial charge in [0, 0.05) is 8.95 Å². The molecule has 0 spiro atoms. The summed E-state index contributed by atoms with van der Waals surface area (Å²) in [7, 11) is 2.67. The first-order valence-corrected chi connectivity index (χ1v) is 9.96. The van der Waals surface area contributed by atoms with Gasteiger partial charge in [0.05, 0.1) is 35.5 Å². The lowest BCUT2D eigenvalue weighted by atomic mass is 10.1. The minimum absolute atomic E-state index is 0.0284. The number of fused-ring (bicyclic) bond motifs is 1. The van der Waals surface area contributed by atoms with E-state index in [0.29, 0.717) is 14.0 Å². The number of ether oxygens (including phenoxy) is 2. The summed E-state index contributed by atoms with van der Waals surface area (Å²) in [5.41, 5.74) is 5.30. The topological polar surface area (TPSA) is 108 Å². The van der Waals surface area contributed by atoms with Crippen molar-refractivity contribution in [2.24, 2.45) is 0 Å². The zero-order valence-corrected chi connectivity index (χ0v) is 19.3. The Morgan fingerprint density at radius 3 is 2.17 bits per heavy atom. The number of ketones is 1. The first-order chi connectivity index (χ1) is 13.6. The Morgan fingerprint density at radius 1 is 1.03 bits per heavy atom. The number of Topliss-reactive ketones (excluding diaryl/α,β-unsaturated/α-hetero) is 1. The molecule has 0 unspecified atom stereocenters. The van der Waals surface area contributed by atoms with E-state index in [1.807, 2.05) is 0 Å². The molecule has 0 saturated carbocycles. The van der Waals surface area contributed by atoms with Crippen molar-refractivity contribution in [1.82, 2.24) is 0 Å². The summed E-state index contributed by atoms with van der Waals surface area (Å²) in [5, 5.41) is 0.409. The van der Waals surface area contributed by atoms with E-state index in [1.165, 1.54) is 26.4 Å². The first kappa shape index (κ1) is 21.7. The van der Waals surface area contributed by atoms with Crippen molar-refractivity contribution in [3.8, 4) is 11.5 Å². The van der Waals surface area contributed by atoms with Crippen LogP contribution in [0.25, 0.3) is 0 Å². The highest BCUT2D eigenvalue weighted by atomic mass is 79.9. The van der Waals surface area contributed by atoms with E-state index in [9.17, 15) is 14.4 Å². The fraction of sp³-hybridized carbons (Fsp3) is 0.118. The number of carbonyl (C=O) groups is 3. The Hall–Kier alpha value is -2.01. The van der Waals surface area contributed by atoms with Gasteiger partial charge in [-0.25, -0.2) is 4.79 Å². The molecule has 2 aromatic rings. The average molecular weight is 569 g/mol. The van der Waals surface area contributed by atoms with Crippen LogP contribution in [0.4, 0.5) is 11.4 Å². The molecule has 29 heavy (non-hydrogen) atoms. The molecule has 1 aliphatic rings. The van der Waals surface area contributed by atoms with Crippen molar-refractivity contribution in [1.29, 1.82) is 0 Å². The Kier molecular flexibility index (Phi) is 6.00. The van der Waals surface area contributed by atoms with Crippen LogP contribution in [0, 0.1) is 0 Å². The van der Waals surface area contributed by atoms with Crippen LogP contribution < -0.4 is 20.3 Å². The molecule has 8 nitrogen and oxygen atoms in total. The smallest absolute Gasteiger partial charge is 0.367 e. The first-order valence-electron chi connectivity index (χ1n) is 7.62. The van der Waals surface area contributed by atoms with E-state index in [2.05, 4.69) is 31.9 Å². The SMILES string of the molecule is COc1cc(Br)c(Cl)c(C(=O)ON2C(=O)C(=O)c3c(Cl)c(Br)cc(OC)c32)c1N. The highest BCUT2D eigenvalue weighted by Crippen LogP contribution is 2.46. The number of methoxy groups -OCH3 is 2. The lowest BCUT2D eigenvalue weighted by Gasteiger charge is -2.19. The predicted octanol–water partition coefficient (Wildman–Crippen LogP) is 4.42. The minimum atomic E-state index is -1.14. The lowest BCUT2D eigenvalue weighted by Crippen LogP contribution is -2.33. The number of halogens is 4. The highest BCUT2D eigenvalue weighted by Gasteiger charge is 2.44. The van der Waals surface area contributed by atoms with E-state index in [-0.39, 0.29) is 44.0 Å². The van der Waals surface area contributed by atoms with Crippen molar-refractivity contribution in [2.45, 2.75) is 0 Å². The molecule has 0 fully saturated rings. The van der Waals surface area contributed by atoms with Gasteiger partial charge in [0.25, 0.3) is 5.78 Å². The Bertz CT molecular complexity index is 1090. The van der Waals surface area contributed by atoms with Crippen molar-refractivity contribution in [2.75, 3.05) is 25.0 Å². The summed E-state index contributed by atoms with van der Waals surface area (Å²) in [6.45, 7) is 0. The van der Waals surface area contributed by atoms with Crippen LogP contribution in [-0.2, 0) is 9.63 Å². The van der Waals surface area contributed by atoms with Crippen LogP contribution >= 0.6 is 55.1 Å². The molecule has 0 saturated heterocycles. The zero-order chi connectivity index (χ0) is 21.6. The monoisotopic (exact) mass is 566 g/mol. The number of rotatable bonds is 4. The Morgan fingerprint density at radius 2 is 1.59 bits per heavy atom. The molecule has 0 aliphatic carbocycles. The number of amides is 1. The quantitative estimate of drug-likeness (QED) is 0.430. The number of benzene rings is 2. The Balaban J connectivity index is 2.11. The second kappa shape index (κ2) is 8.02. The number of nitrogens with two attached hydrogens (primary N) is 1. The number of anilines is 2. The third-order valence-corrected chi connectivity index (χ3v) is 6.50. The molecule has 2 N–H and O–H groups in total. The standard InChI is InChI=1S/C17H10Br2Cl2N2O6/c1-27-7-3-5(18)11(20)9(13(7)22)17(26)29-23-14-8(28-2)4-6(19)12(21)10(14)15(24)16(23)25/h3-4H,22H2,1-2H3. The maximum absolute atomic E-state index is 12.8. The average Bonchev–Trinajstić information content (AvgIpc) is 2.93. The summed E-state index contributed by atoms with van der Waals surface area (Å²) in [6.07, 6.45) is 0. The summed E-state index contributed by atoms with van der Waals surface area (Å²) >= 11 is 18.7. The number of hydroxylamine groups is 1. The molecule has 0 bridgehead atoms. The van der Waals surface area contributed by atoms with Crippen LogP contribution in [-0.4, -0.2) is 31.9 Å². The second-order valence-corrected chi connectivity index (χ2v) is 8.03. The van der Waals surface area contributed by atoms with Gasteiger partial charge in [-0.1, -0.05) is 23.2 Å². The molecular weight excluding hydrogens is 559 g/mol. The molecular formula is C17H10Br2Cl2N2O6. The van der Waals surface area contributed by atoms with E-state index < -0.39 is 17.7 Å². The van der Waals surface area contributed by atoms with Crippen molar-refractivity contribution < 1.29 is 28.7 Å². The van der Waals surface area contributed by atoms with Crippen molar-refractivity contribution in [3.63, 3.8) is 0 Å².